The molecule has 8 nitrogen and oxygen atoms in total. The van der Waals surface area contributed by atoms with E-state index in [4.69, 9.17) is 18.9 Å². The summed E-state index contributed by atoms with van der Waals surface area (Å²) in [4.78, 5) is 25.8. The molecule has 15 atom stereocenters. The van der Waals surface area contributed by atoms with Crippen LogP contribution in [0.4, 0.5) is 0 Å². The molecule has 7 rings (SSSR count). The van der Waals surface area contributed by atoms with Crippen LogP contribution in [0.25, 0.3) is 0 Å². The number of hydrogen-bond donors (Lipinski definition) is 2. The molecule has 3 saturated heterocycles. The van der Waals surface area contributed by atoms with Crippen molar-refractivity contribution >= 4 is 11.8 Å². The summed E-state index contributed by atoms with van der Waals surface area (Å²) < 4.78 is 24.5. The van der Waals surface area contributed by atoms with Gasteiger partial charge in [-0.2, -0.15) is 0 Å². The molecule has 2 N–H and O–H groups in total. The van der Waals surface area contributed by atoms with Crippen molar-refractivity contribution in [1.82, 2.24) is 0 Å². The number of aliphatic hydroxyl groups is 2. The molecule has 8 heteroatoms. The minimum absolute atomic E-state index is 0.0302. The summed E-state index contributed by atoms with van der Waals surface area (Å²) in [7, 11) is 0. The molecule has 4 aliphatic carbocycles. The molecule has 0 radical (unpaired) electrons. The average Bonchev–Trinajstić information content (AvgIpc) is 3.67. The highest BCUT2D eigenvalue weighted by Gasteiger charge is 2.81. The SMILES string of the molecule is CC(=O)O[C@@H]1C[C@@H]2[C@@H]3C[C@H]4O[C@]45[C@@H](O)C=CC(=O)[C@]5(C)[C@H]3CC[C@]2(C)[C@H]1[C@H](C)C1C[C@]2(C)O[C@]2(C)[C@H](O)O1. The van der Waals surface area contributed by atoms with E-state index in [1.807, 2.05) is 20.8 Å². The van der Waals surface area contributed by atoms with E-state index in [1.54, 1.807) is 12.2 Å². The van der Waals surface area contributed by atoms with Gasteiger partial charge in [0.15, 0.2) is 12.1 Å². The fourth-order valence-corrected chi connectivity index (χ4v) is 10.8. The quantitative estimate of drug-likeness (QED) is 0.423. The minimum Gasteiger partial charge on any atom is -0.462 e. The summed E-state index contributed by atoms with van der Waals surface area (Å²) in [6.07, 6.45) is 4.81. The highest BCUT2D eigenvalue weighted by Crippen LogP contribution is 2.73. The second kappa shape index (κ2) is 7.49. The van der Waals surface area contributed by atoms with Crippen molar-refractivity contribution < 1.29 is 38.7 Å². The number of fused-ring (bicyclic) bond motifs is 5. The summed E-state index contributed by atoms with van der Waals surface area (Å²) in [5.41, 5.74) is -2.77. The highest BCUT2D eigenvalue weighted by molar-refractivity contribution is 5.98. The largest absolute Gasteiger partial charge is 0.462 e. The second-order valence-electron chi connectivity index (χ2n) is 14.4. The summed E-state index contributed by atoms with van der Waals surface area (Å²) in [6.45, 7) is 12.0. The number of esters is 1. The zero-order valence-corrected chi connectivity index (χ0v) is 23.3. The van der Waals surface area contributed by atoms with Gasteiger partial charge in [0.05, 0.1) is 17.6 Å². The lowest BCUT2D eigenvalue weighted by molar-refractivity contribution is -0.208. The number of aliphatic hydroxyl groups excluding tert-OH is 2. The second-order valence-corrected chi connectivity index (χ2v) is 14.4. The third kappa shape index (κ3) is 2.84. The topological polar surface area (TPSA) is 118 Å². The Labute approximate surface area is 224 Å². The molecule has 1 spiro atoms. The summed E-state index contributed by atoms with van der Waals surface area (Å²) in [5.74, 6) is 0.453. The number of carbonyl (C=O) groups excluding carboxylic acids is 2. The molecule has 3 aliphatic heterocycles. The van der Waals surface area contributed by atoms with Gasteiger partial charge in [-0.15, -0.1) is 0 Å². The Kier molecular flexibility index (Phi) is 5.05. The number of allylic oxidation sites excluding steroid dienone is 1. The van der Waals surface area contributed by atoms with Gasteiger partial charge in [0.25, 0.3) is 0 Å². The van der Waals surface area contributed by atoms with Gasteiger partial charge in [0.2, 0.25) is 0 Å². The third-order valence-corrected chi connectivity index (χ3v) is 13.0. The standard InChI is InChI=1S/C30H42O8/c1-14(20-13-27(4)29(6,38-27)25(34)36-20)24-19(35-15(2)31)12-18-16-11-23-30(37-23)22(33)8-7-21(32)28(30,5)17(16)9-10-26(18,24)3/h7-8,14,16-20,22-25,33-34H,9-13H2,1-6H3/t14-,16-,17+,18-,19-,20?,22+,23-,24+,25-,26+,27+,28+,29-,30-/m1/s1. The van der Waals surface area contributed by atoms with E-state index in [9.17, 15) is 19.8 Å². The Balaban J connectivity index is 1.22. The van der Waals surface area contributed by atoms with Crippen LogP contribution in [0.3, 0.4) is 0 Å². The predicted molar refractivity (Wildman–Crippen MR) is 135 cm³/mol. The average molecular weight is 531 g/mol. The number of hydrogen-bond acceptors (Lipinski definition) is 8. The van der Waals surface area contributed by atoms with Crippen molar-refractivity contribution in [2.45, 2.75) is 121 Å². The van der Waals surface area contributed by atoms with Crippen LogP contribution in [0.15, 0.2) is 12.2 Å². The van der Waals surface area contributed by atoms with Crippen LogP contribution >= 0.6 is 0 Å². The third-order valence-electron chi connectivity index (χ3n) is 13.0. The van der Waals surface area contributed by atoms with E-state index in [0.717, 1.165) is 25.7 Å². The van der Waals surface area contributed by atoms with Gasteiger partial charge < -0.3 is 29.2 Å². The molecular formula is C30H42O8. The zero-order valence-electron chi connectivity index (χ0n) is 23.3. The van der Waals surface area contributed by atoms with Gasteiger partial charge in [-0.1, -0.05) is 13.8 Å². The molecule has 0 aromatic rings. The van der Waals surface area contributed by atoms with Crippen molar-refractivity contribution in [3.05, 3.63) is 12.2 Å². The minimum atomic E-state index is -0.989. The molecule has 1 unspecified atom stereocenters. The molecule has 0 aromatic heterocycles. The lowest BCUT2D eigenvalue weighted by atomic mass is 9.44. The fourth-order valence-electron chi connectivity index (χ4n) is 10.8. The van der Waals surface area contributed by atoms with Crippen LogP contribution < -0.4 is 0 Å². The number of carbonyl (C=O) groups is 2. The molecule has 7 aliphatic rings. The van der Waals surface area contributed by atoms with E-state index in [-0.39, 0.29) is 65.1 Å². The molecule has 0 bridgehead atoms. The van der Waals surface area contributed by atoms with Gasteiger partial charge in [0, 0.05) is 19.3 Å². The first-order chi connectivity index (χ1) is 17.7. The Morgan fingerprint density at radius 1 is 1.16 bits per heavy atom. The summed E-state index contributed by atoms with van der Waals surface area (Å²) in [6, 6.07) is 0. The van der Waals surface area contributed by atoms with Gasteiger partial charge in [0.1, 0.15) is 29.0 Å². The molecule has 38 heavy (non-hydrogen) atoms. The Bertz CT molecular complexity index is 1120. The first-order valence-corrected chi connectivity index (χ1v) is 14.5. The number of ketones is 1. The van der Waals surface area contributed by atoms with Gasteiger partial charge in [-0.3, -0.25) is 9.59 Å². The van der Waals surface area contributed by atoms with Crippen molar-refractivity contribution in [3.8, 4) is 0 Å². The molecule has 3 heterocycles. The Morgan fingerprint density at radius 3 is 2.58 bits per heavy atom. The first-order valence-electron chi connectivity index (χ1n) is 14.5. The number of rotatable bonds is 3. The van der Waals surface area contributed by atoms with Gasteiger partial charge in [-0.25, -0.2) is 0 Å². The monoisotopic (exact) mass is 530 g/mol. The predicted octanol–water partition coefficient (Wildman–Crippen LogP) is 2.93. The van der Waals surface area contributed by atoms with E-state index in [2.05, 4.69) is 13.8 Å². The van der Waals surface area contributed by atoms with E-state index >= 15 is 0 Å². The lowest BCUT2D eigenvalue weighted by Gasteiger charge is -2.58. The zero-order chi connectivity index (χ0) is 27.2. The normalized spacial score (nSPS) is 60.5. The summed E-state index contributed by atoms with van der Waals surface area (Å²) >= 11 is 0. The van der Waals surface area contributed by atoms with Crippen molar-refractivity contribution in [1.29, 1.82) is 0 Å². The van der Waals surface area contributed by atoms with Gasteiger partial charge in [-0.05, 0) is 87.7 Å². The Morgan fingerprint density at radius 2 is 1.89 bits per heavy atom. The fraction of sp³-hybridized carbons (Fsp3) is 0.867. The van der Waals surface area contributed by atoms with E-state index in [1.165, 1.54) is 6.92 Å². The maximum Gasteiger partial charge on any atom is 0.302 e. The maximum atomic E-state index is 13.5. The highest BCUT2D eigenvalue weighted by atomic mass is 16.7. The molecule has 6 fully saturated rings. The van der Waals surface area contributed by atoms with Crippen LogP contribution in [0.1, 0.15) is 73.6 Å². The van der Waals surface area contributed by atoms with Crippen LogP contribution in [0, 0.1) is 40.4 Å². The van der Waals surface area contributed by atoms with Crippen LogP contribution in [0.2, 0.25) is 0 Å². The van der Waals surface area contributed by atoms with Crippen molar-refractivity contribution in [3.63, 3.8) is 0 Å². The number of ether oxygens (including phenoxy) is 4. The van der Waals surface area contributed by atoms with Crippen LogP contribution in [0.5, 0.6) is 0 Å². The lowest BCUT2D eigenvalue weighted by Crippen LogP contribution is -2.63. The van der Waals surface area contributed by atoms with E-state index in [0.29, 0.717) is 6.42 Å². The molecular weight excluding hydrogens is 488 g/mol. The molecule has 210 valence electrons. The molecule has 0 aromatic carbocycles. The van der Waals surface area contributed by atoms with Crippen molar-refractivity contribution in [2.24, 2.45) is 40.4 Å². The summed E-state index contributed by atoms with van der Waals surface area (Å²) in [5, 5.41) is 21.7. The van der Waals surface area contributed by atoms with Crippen LogP contribution in [-0.4, -0.2) is 69.5 Å². The van der Waals surface area contributed by atoms with Crippen molar-refractivity contribution in [2.75, 3.05) is 0 Å². The maximum absolute atomic E-state index is 13.5. The Hall–Kier alpha value is -1.32. The van der Waals surface area contributed by atoms with Crippen LogP contribution in [-0.2, 0) is 28.5 Å². The van der Waals surface area contributed by atoms with E-state index < -0.39 is 34.6 Å². The number of epoxide rings is 2. The smallest absolute Gasteiger partial charge is 0.302 e. The molecule has 0 amide bonds. The first kappa shape index (κ1) is 25.6. The van der Waals surface area contributed by atoms with Gasteiger partial charge >= 0.3 is 5.97 Å². The molecule has 3 saturated carbocycles.